The minimum atomic E-state index is 0.146. The molecule has 1 fully saturated rings. The van der Waals surface area contributed by atoms with Gasteiger partial charge in [-0.05, 0) is 44.4 Å². The Balaban J connectivity index is 1.77. The van der Waals surface area contributed by atoms with E-state index in [0.29, 0.717) is 24.1 Å². The van der Waals surface area contributed by atoms with Crippen LogP contribution in [0.5, 0.6) is 5.75 Å². The number of aryl methyl sites for hydroxylation is 1. The number of carbonyl (C=O) groups excluding carboxylic acids is 1. The molecule has 1 aliphatic rings. The van der Waals surface area contributed by atoms with E-state index < -0.39 is 0 Å². The van der Waals surface area contributed by atoms with E-state index in [1.54, 1.807) is 7.11 Å². The van der Waals surface area contributed by atoms with Crippen molar-refractivity contribution in [1.82, 2.24) is 9.88 Å². The first-order chi connectivity index (χ1) is 11.6. The Bertz CT molecular complexity index is 723. The van der Waals surface area contributed by atoms with Gasteiger partial charge in [0.1, 0.15) is 11.5 Å². The first-order valence-corrected chi connectivity index (χ1v) is 8.52. The van der Waals surface area contributed by atoms with Crippen molar-refractivity contribution in [2.45, 2.75) is 45.6 Å². The average Bonchev–Trinajstić information content (AvgIpc) is 3.22. The van der Waals surface area contributed by atoms with Crippen LogP contribution < -0.4 is 4.74 Å². The summed E-state index contributed by atoms with van der Waals surface area (Å²) in [7, 11) is 1.63. The van der Waals surface area contributed by atoms with Gasteiger partial charge in [-0.15, -0.1) is 0 Å². The second kappa shape index (κ2) is 7.07. The van der Waals surface area contributed by atoms with Crippen molar-refractivity contribution >= 4 is 5.91 Å². The SMILES string of the molecule is CCC1CCCN1C(=O)Cc1nc(-c2cccc(OC)c2)oc1C. The highest BCUT2D eigenvalue weighted by atomic mass is 16.5. The third kappa shape index (κ3) is 3.30. The van der Waals surface area contributed by atoms with Gasteiger partial charge in [-0.3, -0.25) is 4.79 Å². The van der Waals surface area contributed by atoms with Gasteiger partial charge in [0.2, 0.25) is 11.8 Å². The Morgan fingerprint density at radius 2 is 2.29 bits per heavy atom. The van der Waals surface area contributed by atoms with Gasteiger partial charge in [-0.25, -0.2) is 4.98 Å². The van der Waals surface area contributed by atoms with Crippen LogP contribution in [0.2, 0.25) is 0 Å². The molecule has 0 aliphatic carbocycles. The van der Waals surface area contributed by atoms with Crippen molar-refractivity contribution in [3.8, 4) is 17.2 Å². The van der Waals surface area contributed by atoms with Crippen LogP contribution in [0.25, 0.3) is 11.5 Å². The van der Waals surface area contributed by atoms with Crippen molar-refractivity contribution in [3.05, 3.63) is 35.7 Å². The zero-order valence-corrected chi connectivity index (χ0v) is 14.5. The lowest BCUT2D eigenvalue weighted by molar-refractivity contribution is -0.131. The number of likely N-dealkylation sites (tertiary alicyclic amines) is 1. The molecule has 3 rings (SSSR count). The molecule has 0 N–H and O–H groups in total. The molecule has 24 heavy (non-hydrogen) atoms. The van der Waals surface area contributed by atoms with Gasteiger partial charge >= 0.3 is 0 Å². The summed E-state index contributed by atoms with van der Waals surface area (Å²) in [5.41, 5.74) is 1.57. The molecular weight excluding hydrogens is 304 g/mol. The van der Waals surface area contributed by atoms with Gasteiger partial charge < -0.3 is 14.1 Å². The summed E-state index contributed by atoms with van der Waals surface area (Å²) >= 11 is 0. The number of ether oxygens (including phenoxy) is 1. The fourth-order valence-electron chi connectivity index (χ4n) is 3.30. The highest BCUT2D eigenvalue weighted by Crippen LogP contribution is 2.26. The molecule has 0 radical (unpaired) electrons. The number of aromatic nitrogens is 1. The molecule has 5 nitrogen and oxygen atoms in total. The summed E-state index contributed by atoms with van der Waals surface area (Å²) in [5, 5.41) is 0. The van der Waals surface area contributed by atoms with Crippen LogP contribution in [0.4, 0.5) is 0 Å². The molecule has 1 aliphatic heterocycles. The molecule has 0 saturated carbocycles. The Morgan fingerprint density at radius 1 is 1.46 bits per heavy atom. The van der Waals surface area contributed by atoms with Crippen molar-refractivity contribution in [1.29, 1.82) is 0 Å². The van der Waals surface area contributed by atoms with Crippen LogP contribution in [0.15, 0.2) is 28.7 Å². The molecule has 128 valence electrons. The molecule has 1 saturated heterocycles. The minimum absolute atomic E-state index is 0.146. The molecule has 2 aromatic rings. The molecule has 2 heterocycles. The normalized spacial score (nSPS) is 17.3. The summed E-state index contributed by atoms with van der Waals surface area (Å²) in [6.07, 6.45) is 3.51. The summed E-state index contributed by atoms with van der Waals surface area (Å²) in [6, 6.07) is 7.95. The zero-order chi connectivity index (χ0) is 17.1. The third-order valence-electron chi connectivity index (χ3n) is 4.70. The quantitative estimate of drug-likeness (QED) is 0.841. The van der Waals surface area contributed by atoms with Crippen molar-refractivity contribution in [2.24, 2.45) is 0 Å². The Morgan fingerprint density at radius 3 is 3.04 bits per heavy atom. The number of rotatable bonds is 5. The van der Waals surface area contributed by atoms with Crippen LogP contribution in [0.3, 0.4) is 0 Å². The average molecular weight is 328 g/mol. The summed E-state index contributed by atoms with van der Waals surface area (Å²) in [5.74, 6) is 2.13. The van der Waals surface area contributed by atoms with Crippen LogP contribution in [-0.2, 0) is 11.2 Å². The van der Waals surface area contributed by atoms with Gasteiger partial charge in [0.15, 0.2) is 0 Å². The van der Waals surface area contributed by atoms with Crippen LogP contribution in [0.1, 0.15) is 37.6 Å². The molecular formula is C19H24N2O3. The predicted molar refractivity (Wildman–Crippen MR) is 92.0 cm³/mol. The van der Waals surface area contributed by atoms with E-state index in [9.17, 15) is 4.79 Å². The number of nitrogens with zero attached hydrogens (tertiary/aromatic N) is 2. The van der Waals surface area contributed by atoms with E-state index in [2.05, 4.69) is 11.9 Å². The first-order valence-electron chi connectivity index (χ1n) is 8.52. The second-order valence-electron chi connectivity index (χ2n) is 6.22. The number of hydrogen-bond acceptors (Lipinski definition) is 4. The van der Waals surface area contributed by atoms with Gasteiger partial charge in [0.25, 0.3) is 0 Å². The molecule has 1 unspecified atom stereocenters. The van der Waals surface area contributed by atoms with E-state index in [-0.39, 0.29) is 5.91 Å². The molecule has 1 atom stereocenters. The van der Waals surface area contributed by atoms with Crippen molar-refractivity contribution < 1.29 is 13.9 Å². The minimum Gasteiger partial charge on any atom is -0.497 e. The van der Waals surface area contributed by atoms with Gasteiger partial charge in [-0.2, -0.15) is 0 Å². The van der Waals surface area contributed by atoms with Crippen molar-refractivity contribution in [2.75, 3.05) is 13.7 Å². The predicted octanol–water partition coefficient (Wildman–Crippen LogP) is 3.60. The first kappa shape index (κ1) is 16.6. The highest BCUT2D eigenvalue weighted by Gasteiger charge is 2.28. The molecule has 0 spiro atoms. The van der Waals surface area contributed by atoms with Crippen molar-refractivity contribution in [3.63, 3.8) is 0 Å². The molecule has 1 aromatic carbocycles. The van der Waals surface area contributed by atoms with Gasteiger partial charge in [-0.1, -0.05) is 13.0 Å². The van der Waals surface area contributed by atoms with E-state index >= 15 is 0 Å². The lowest BCUT2D eigenvalue weighted by Crippen LogP contribution is -2.36. The second-order valence-corrected chi connectivity index (χ2v) is 6.22. The molecule has 5 heteroatoms. The van der Waals surface area contributed by atoms with E-state index in [0.717, 1.165) is 42.8 Å². The topological polar surface area (TPSA) is 55.6 Å². The molecule has 0 bridgehead atoms. The monoisotopic (exact) mass is 328 g/mol. The number of hydrogen-bond donors (Lipinski definition) is 0. The van der Waals surface area contributed by atoms with Gasteiger partial charge in [0, 0.05) is 18.2 Å². The molecule has 1 amide bonds. The Labute approximate surface area is 142 Å². The summed E-state index contributed by atoms with van der Waals surface area (Å²) in [6.45, 7) is 4.86. The standard InChI is InChI=1S/C19H24N2O3/c1-4-15-8-6-10-21(15)18(22)12-17-13(2)24-19(20-17)14-7-5-9-16(11-14)23-3/h5,7,9,11,15H,4,6,8,10,12H2,1-3H3. The van der Waals surface area contributed by atoms with E-state index in [4.69, 9.17) is 9.15 Å². The smallest absolute Gasteiger partial charge is 0.228 e. The largest absolute Gasteiger partial charge is 0.497 e. The van der Waals surface area contributed by atoms with E-state index in [1.165, 1.54) is 0 Å². The maximum atomic E-state index is 12.6. The Hall–Kier alpha value is -2.30. The fourth-order valence-corrected chi connectivity index (χ4v) is 3.30. The lowest BCUT2D eigenvalue weighted by Gasteiger charge is -2.23. The fraction of sp³-hybridized carbons (Fsp3) is 0.474. The van der Waals surface area contributed by atoms with Crippen LogP contribution in [-0.4, -0.2) is 35.5 Å². The third-order valence-corrected chi connectivity index (χ3v) is 4.70. The summed E-state index contributed by atoms with van der Waals surface area (Å²) < 4.78 is 11.0. The van der Waals surface area contributed by atoms with Gasteiger partial charge in [0.05, 0.1) is 19.2 Å². The molecule has 1 aromatic heterocycles. The number of amides is 1. The summed E-state index contributed by atoms with van der Waals surface area (Å²) in [4.78, 5) is 19.2. The number of carbonyl (C=O) groups is 1. The maximum absolute atomic E-state index is 12.6. The number of benzene rings is 1. The van der Waals surface area contributed by atoms with Crippen LogP contribution >= 0.6 is 0 Å². The number of methoxy groups -OCH3 is 1. The lowest BCUT2D eigenvalue weighted by atomic mass is 10.1. The van der Waals surface area contributed by atoms with Crippen LogP contribution in [0, 0.1) is 6.92 Å². The highest BCUT2D eigenvalue weighted by molar-refractivity contribution is 5.79. The number of oxazole rings is 1. The Kier molecular flexibility index (Phi) is 4.88. The maximum Gasteiger partial charge on any atom is 0.228 e. The van der Waals surface area contributed by atoms with E-state index in [1.807, 2.05) is 36.1 Å². The zero-order valence-electron chi connectivity index (χ0n) is 14.5.